The van der Waals surface area contributed by atoms with Crippen molar-refractivity contribution in [1.29, 1.82) is 0 Å². The van der Waals surface area contributed by atoms with Gasteiger partial charge < -0.3 is 9.80 Å². The van der Waals surface area contributed by atoms with E-state index in [4.69, 9.17) is 0 Å². The zero-order valence-corrected chi connectivity index (χ0v) is 14.3. The van der Waals surface area contributed by atoms with E-state index >= 15 is 0 Å². The molecule has 0 aliphatic carbocycles. The zero-order chi connectivity index (χ0) is 15.9. The van der Waals surface area contributed by atoms with Gasteiger partial charge in [-0.25, -0.2) is 0 Å². The van der Waals surface area contributed by atoms with Crippen LogP contribution in [0.3, 0.4) is 0 Å². The van der Waals surface area contributed by atoms with Crippen molar-refractivity contribution in [1.82, 2.24) is 4.90 Å². The van der Waals surface area contributed by atoms with Crippen molar-refractivity contribution >= 4 is 11.6 Å². The molecule has 1 heterocycles. The van der Waals surface area contributed by atoms with Gasteiger partial charge in [0, 0.05) is 37.8 Å². The Labute approximate surface area is 135 Å². The number of carbonyl (C=O) groups is 1. The molecule has 1 unspecified atom stereocenters. The quantitative estimate of drug-likeness (QED) is 0.796. The molecule has 122 valence electrons. The zero-order valence-electron chi connectivity index (χ0n) is 14.3. The molecule has 1 saturated heterocycles. The van der Waals surface area contributed by atoms with E-state index in [2.05, 4.69) is 54.8 Å². The number of anilines is 1. The van der Waals surface area contributed by atoms with Crippen LogP contribution in [-0.2, 0) is 4.79 Å². The summed E-state index contributed by atoms with van der Waals surface area (Å²) in [5, 5.41) is 0. The van der Waals surface area contributed by atoms with Gasteiger partial charge in [-0.1, -0.05) is 44.9 Å². The largest absolute Gasteiger partial charge is 0.368 e. The van der Waals surface area contributed by atoms with E-state index in [9.17, 15) is 4.79 Å². The second kappa shape index (κ2) is 8.21. The minimum absolute atomic E-state index is 0.227. The monoisotopic (exact) mass is 302 g/mol. The molecular weight excluding hydrogens is 272 g/mol. The number of nitrogens with zero attached hydrogens (tertiary/aromatic N) is 2. The molecule has 22 heavy (non-hydrogen) atoms. The molecular formula is C19H30N2O. The lowest BCUT2D eigenvalue weighted by Crippen LogP contribution is -2.50. The number of para-hydroxylation sites is 1. The summed E-state index contributed by atoms with van der Waals surface area (Å²) < 4.78 is 0. The van der Waals surface area contributed by atoms with Crippen LogP contribution in [0.4, 0.5) is 5.69 Å². The van der Waals surface area contributed by atoms with Crippen LogP contribution < -0.4 is 4.90 Å². The highest BCUT2D eigenvalue weighted by Gasteiger charge is 2.26. The molecule has 1 aliphatic heterocycles. The molecule has 1 fully saturated rings. The number of hydrogen-bond acceptors (Lipinski definition) is 2. The fraction of sp³-hybridized carbons (Fsp3) is 0.632. The van der Waals surface area contributed by atoms with E-state index in [-0.39, 0.29) is 5.92 Å². The van der Waals surface area contributed by atoms with Crippen LogP contribution in [0.25, 0.3) is 0 Å². The van der Waals surface area contributed by atoms with Gasteiger partial charge in [-0.2, -0.15) is 0 Å². The number of hydrogen-bond donors (Lipinski definition) is 0. The summed E-state index contributed by atoms with van der Waals surface area (Å²) in [7, 11) is 0. The maximum absolute atomic E-state index is 12.7. The van der Waals surface area contributed by atoms with Crippen LogP contribution in [0, 0.1) is 12.8 Å². The van der Waals surface area contributed by atoms with Gasteiger partial charge in [-0.15, -0.1) is 0 Å². The lowest BCUT2D eigenvalue weighted by molar-refractivity contribution is -0.136. The van der Waals surface area contributed by atoms with Crippen LogP contribution in [0.5, 0.6) is 0 Å². The first kappa shape index (κ1) is 16.9. The number of aryl methyl sites for hydroxylation is 1. The molecule has 1 aromatic carbocycles. The summed E-state index contributed by atoms with van der Waals surface area (Å²) in [5.74, 6) is 0.602. The van der Waals surface area contributed by atoms with E-state index in [1.807, 2.05) is 0 Å². The minimum Gasteiger partial charge on any atom is -0.368 e. The summed E-state index contributed by atoms with van der Waals surface area (Å²) in [4.78, 5) is 17.1. The Kier molecular flexibility index (Phi) is 6.29. The maximum Gasteiger partial charge on any atom is 0.225 e. The smallest absolute Gasteiger partial charge is 0.225 e. The van der Waals surface area contributed by atoms with Crippen molar-refractivity contribution in [2.75, 3.05) is 31.1 Å². The van der Waals surface area contributed by atoms with Crippen LogP contribution in [0.15, 0.2) is 24.3 Å². The van der Waals surface area contributed by atoms with Crippen molar-refractivity contribution in [2.45, 2.75) is 46.5 Å². The fourth-order valence-corrected chi connectivity index (χ4v) is 3.30. The molecule has 0 aromatic heterocycles. The van der Waals surface area contributed by atoms with Gasteiger partial charge in [0.25, 0.3) is 0 Å². The highest BCUT2D eigenvalue weighted by Crippen LogP contribution is 2.22. The molecule has 0 radical (unpaired) electrons. The highest BCUT2D eigenvalue weighted by molar-refractivity contribution is 5.79. The molecule has 3 heteroatoms. The average molecular weight is 302 g/mol. The van der Waals surface area contributed by atoms with Crippen molar-refractivity contribution in [3.63, 3.8) is 0 Å². The third-order valence-corrected chi connectivity index (χ3v) is 4.80. The number of amides is 1. The topological polar surface area (TPSA) is 23.6 Å². The first-order valence-corrected chi connectivity index (χ1v) is 8.76. The second-order valence-electron chi connectivity index (χ2n) is 6.35. The predicted molar refractivity (Wildman–Crippen MR) is 93.3 cm³/mol. The Balaban J connectivity index is 1.91. The first-order chi connectivity index (χ1) is 10.7. The molecule has 1 aromatic rings. The lowest BCUT2D eigenvalue weighted by Gasteiger charge is -2.38. The highest BCUT2D eigenvalue weighted by atomic mass is 16.2. The Bertz CT molecular complexity index is 478. The standard InChI is InChI=1S/C19H30N2O/c1-4-6-10-17(5-2)19(22)21-14-12-20(13-15-21)18-11-8-7-9-16(18)3/h7-9,11,17H,4-6,10,12-15H2,1-3H3. The number of piperazine rings is 1. The van der Waals surface area contributed by atoms with Gasteiger partial charge in [-0.05, 0) is 31.4 Å². The summed E-state index contributed by atoms with van der Waals surface area (Å²) >= 11 is 0. The molecule has 2 rings (SSSR count). The van der Waals surface area contributed by atoms with Crippen LogP contribution in [0.2, 0.25) is 0 Å². The van der Waals surface area contributed by atoms with Gasteiger partial charge in [0.2, 0.25) is 5.91 Å². The first-order valence-electron chi connectivity index (χ1n) is 8.76. The second-order valence-corrected chi connectivity index (χ2v) is 6.35. The van der Waals surface area contributed by atoms with E-state index < -0.39 is 0 Å². The van der Waals surface area contributed by atoms with Gasteiger partial charge in [0.05, 0.1) is 0 Å². The predicted octanol–water partition coefficient (Wildman–Crippen LogP) is 3.86. The average Bonchev–Trinajstić information content (AvgIpc) is 2.56. The van der Waals surface area contributed by atoms with Crippen LogP contribution in [-0.4, -0.2) is 37.0 Å². The van der Waals surface area contributed by atoms with E-state index in [1.165, 1.54) is 17.7 Å². The molecule has 3 nitrogen and oxygen atoms in total. The number of rotatable bonds is 6. The van der Waals surface area contributed by atoms with Crippen LogP contribution >= 0.6 is 0 Å². The SMILES string of the molecule is CCCCC(CC)C(=O)N1CCN(c2ccccc2C)CC1. The van der Waals surface area contributed by atoms with Crippen molar-refractivity contribution in [2.24, 2.45) is 5.92 Å². The van der Waals surface area contributed by atoms with E-state index in [0.717, 1.165) is 45.4 Å². The Morgan fingerprint density at radius 2 is 1.82 bits per heavy atom. The summed E-state index contributed by atoms with van der Waals surface area (Å²) in [6.07, 6.45) is 4.35. The van der Waals surface area contributed by atoms with Gasteiger partial charge in [-0.3, -0.25) is 4.79 Å². The Hall–Kier alpha value is -1.51. The molecule has 0 N–H and O–H groups in total. The summed E-state index contributed by atoms with van der Waals surface area (Å²) in [6, 6.07) is 8.52. The molecule has 1 atom stereocenters. The van der Waals surface area contributed by atoms with E-state index in [1.54, 1.807) is 0 Å². The van der Waals surface area contributed by atoms with Crippen LogP contribution in [0.1, 0.15) is 45.1 Å². The molecule has 1 amide bonds. The lowest BCUT2D eigenvalue weighted by atomic mass is 9.97. The fourth-order valence-electron chi connectivity index (χ4n) is 3.30. The summed E-state index contributed by atoms with van der Waals surface area (Å²) in [5.41, 5.74) is 2.63. The van der Waals surface area contributed by atoms with Gasteiger partial charge in [0.1, 0.15) is 0 Å². The number of benzene rings is 1. The van der Waals surface area contributed by atoms with E-state index in [0.29, 0.717) is 5.91 Å². The number of carbonyl (C=O) groups excluding carboxylic acids is 1. The minimum atomic E-state index is 0.227. The summed E-state index contributed by atoms with van der Waals surface area (Å²) in [6.45, 7) is 10.1. The Morgan fingerprint density at radius 3 is 2.41 bits per heavy atom. The molecule has 1 aliphatic rings. The molecule has 0 saturated carbocycles. The van der Waals surface area contributed by atoms with Crippen molar-refractivity contribution < 1.29 is 4.79 Å². The molecule has 0 bridgehead atoms. The van der Waals surface area contributed by atoms with Gasteiger partial charge >= 0.3 is 0 Å². The number of unbranched alkanes of at least 4 members (excludes halogenated alkanes) is 1. The molecule has 0 spiro atoms. The third-order valence-electron chi connectivity index (χ3n) is 4.80. The normalized spacial score (nSPS) is 16.7. The van der Waals surface area contributed by atoms with Crippen molar-refractivity contribution in [3.8, 4) is 0 Å². The van der Waals surface area contributed by atoms with Crippen molar-refractivity contribution in [3.05, 3.63) is 29.8 Å². The third kappa shape index (κ3) is 4.02. The maximum atomic E-state index is 12.7. The van der Waals surface area contributed by atoms with Gasteiger partial charge in [0.15, 0.2) is 0 Å². The Morgan fingerprint density at radius 1 is 1.14 bits per heavy atom.